The summed E-state index contributed by atoms with van der Waals surface area (Å²) in [4.78, 5) is 12.8. The lowest BCUT2D eigenvalue weighted by molar-refractivity contribution is 0.627. The first kappa shape index (κ1) is 14.9. The molecule has 0 fully saturated rings. The normalized spacial score (nSPS) is 10.3. The van der Waals surface area contributed by atoms with Crippen LogP contribution in [0.1, 0.15) is 11.3 Å². The molecule has 3 rings (SSSR count). The second kappa shape index (κ2) is 7.31. The van der Waals surface area contributed by atoms with Crippen molar-refractivity contribution in [2.24, 2.45) is 0 Å². The number of halogens is 1. The molecule has 0 spiro atoms. The predicted molar refractivity (Wildman–Crippen MR) is 87.3 cm³/mol. The third-order valence-electron chi connectivity index (χ3n) is 3.20. The minimum Gasteiger partial charge on any atom is -0.366 e. The highest BCUT2D eigenvalue weighted by Gasteiger charge is 2.00. The summed E-state index contributed by atoms with van der Waals surface area (Å²) in [6, 6.07) is 13.9. The molecule has 0 aliphatic rings. The molecular formula is C17H16FN5. The Labute approximate surface area is 133 Å². The van der Waals surface area contributed by atoms with Crippen LogP contribution in [0.3, 0.4) is 0 Å². The highest BCUT2D eigenvalue weighted by Crippen LogP contribution is 2.09. The van der Waals surface area contributed by atoms with E-state index >= 15 is 0 Å². The van der Waals surface area contributed by atoms with E-state index in [0.717, 1.165) is 11.3 Å². The first-order valence-electron chi connectivity index (χ1n) is 7.25. The zero-order valence-electron chi connectivity index (χ0n) is 12.4. The molecule has 1 aromatic carbocycles. The van der Waals surface area contributed by atoms with E-state index < -0.39 is 0 Å². The molecule has 23 heavy (non-hydrogen) atoms. The molecule has 2 heterocycles. The van der Waals surface area contributed by atoms with Crippen molar-refractivity contribution in [2.75, 3.05) is 10.6 Å². The topological polar surface area (TPSA) is 62.7 Å². The number of anilines is 2. The van der Waals surface area contributed by atoms with E-state index in [0.29, 0.717) is 24.9 Å². The van der Waals surface area contributed by atoms with Crippen LogP contribution < -0.4 is 10.6 Å². The van der Waals surface area contributed by atoms with Gasteiger partial charge in [0.1, 0.15) is 11.6 Å². The maximum atomic E-state index is 12.9. The maximum Gasteiger partial charge on any atom is 0.224 e. The van der Waals surface area contributed by atoms with Gasteiger partial charge >= 0.3 is 0 Å². The van der Waals surface area contributed by atoms with Gasteiger partial charge in [-0.1, -0.05) is 18.2 Å². The zero-order chi connectivity index (χ0) is 15.9. The number of hydrogen-bond acceptors (Lipinski definition) is 5. The molecule has 0 saturated heterocycles. The molecule has 2 N–H and O–H groups in total. The first-order valence-corrected chi connectivity index (χ1v) is 7.25. The van der Waals surface area contributed by atoms with Crippen molar-refractivity contribution in [2.45, 2.75) is 13.1 Å². The summed E-state index contributed by atoms with van der Waals surface area (Å²) in [5, 5.41) is 6.32. The van der Waals surface area contributed by atoms with Gasteiger partial charge in [0, 0.05) is 18.9 Å². The van der Waals surface area contributed by atoms with E-state index in [1.165, 1.54) is 12.1 Å². The largest absolute Gasteiger partial charge is 0.366 e. The summed E-state index contributed by atoms with van der Waals surface area (Å²) >= 11 is 0. The SMILES string of the molecule is Fc1ccc(CNc2ccnc(NCc3ccccn3)n2)cc1. The predicted octanol–water partition coefficient (Wildman–Crippen LogP) is 3.23. The fourth-order valence-corrected chi connectivity index (χ4v) is 2.01. The van der Waals surface area contributed by atoms with Crippen molar-refractivity contribution in [1.29, 1.82) is 0 Å². The Morgan fingerprint density at radius 2 is 1.70 bits per heavy atom. The second-order valence-corrected chi connectivity index (χ2v) is 4.92. The first-order chi connectivity index (χ1) is 11.3. The molecule has 0 unspecified atom stereocenters. The fraction of sp³-hybridized carbons (Fsp3) is 0.118. The lowest BCUT2D eigenvalue weighted by Gasteiger charge is -2.08. The van der Waals surface area contributed by atoms with E-state index in [-0.39, 0.29) is 5.82 Å². The van der Waals surface area contributed by atoms with Crippen molar-refractivity contribution >= 4 is 11.8 Å². The standard InChI is InChI=1S/C17H16FN5/c18-14-6-4-13(5-7-14)11-21-16-8-10-20-17(23-16)22-12-15-3-1-2-9-19-15/h1-10H,11-12H2,(H2,20,21,22,23). The number of nitrogens with one attached hydrogen (secondary N) is 2. The van der Waals surface area contributed by atoms with Crippen LogP contribution in [-0.4, -0.2) is 15.0 Å². The summed E-state index contributed by atoms with van der Waals surface area (Å²) < 4.78 is 12.9. The summed E-state index contributed by atoms with van der Waals surface area (Å²) in [6.45, 7) is 1.12. The summed E-state index contributed by atoms with van der Waals surface area (Å²) in [7, 11) is 0. The maximum absolute atomic E-state index is 12.9. The number of aromatic nitrogens is 3. The highest BCUT2D eigenvalue weighted by atomic mass is 19.1. The third kappa shape index (κ3) is 4.47. The zero-order valence-corrected chi connectivity index (χ0v) is 12.4. The number of benzene rings is 1. The van der Waals surface area contributed by atoms with Crippen molar-refractivity contribution in [1.82, 2.24) is 15.0 Å². The van der Waals surface area contributed by atoms with Gasteiger partial charge in [-0.25, -0.2) is 9.37 Å². The number of rotatable bonds is 6. The van der Waals surface area contributed by atoms with Crippen molar-refractivity contribution in [3.63, 3.8) is 0 Å². The number of hydrogen-bond donors (Lipinski definition) is 2. The summed E-state index contributed by atoms with van der Waals surface area (Å²) in [6.07, 6.45) is 3.43. The minimum atomic E-state index is -0.239. The van der Waals surface area contributed by atoms with Crippen molar-refractivity contribution < 1.29 is 4.39 Å². The van der Waals surface area contributed by atoms with Gasteiger partial charge in [0.05, 0.1) is 12.2 Å². The molecule has 5 nitrogen and oxygen atoms in total. The average Bonchev–Trinajstić information content (AvgIpc) is 2.61. The Bertz CT molecular complexity index is 746. The number of nitrogens with zero attached hydrogens (tertiary/aromatic N) is 3. The average molecular weight is 309 g/mol. The summed E-state index contributed by atoms with van der Waals surface area (Å²) in [5.74, 6) is 0.990. The van der Waals surface area contributed by atoms with Gasteiger partial charge in [0.2, 0.25) is 5.95 Å². The van der Waals surface area contributed by atoms with Gasteiger partial charge in [-0.05, 0) is 35.9 Å². The smallest absolute Gasteiger partial charge is 0.224 e. The summed E-state index contributed by atoms with van der Waals surface area (Å²) in [5.41, 5.74) is 1.90. The van der Waals surface area contributed by atoms with Crippen LogP contribution in [0.25, 0.3) is 0 Å². The molecule has 0 radical (unpaired) electrons. The van der Waals surface area contributed by atoms with E-state index in [4.69, 9.17) is 0 Å². The van der Waals surface area contributed by atoms with Crippen LogP contribution in [0.5, 0.6) is 0 Å². The number of pyridine rings is 1. The molecule has 116 valence electrons. The van der Waals surface area contributed by atoms with E-state index in [2.05, 4.69) is 25.6 Å². The monoisotopic (exact) mass is 309 g/mol. The Kier molecular flexibility index (Phi) is 4.73. The quantitative estimate of drug-likeness (QED) is 0.732. The van der Waals surface area contributed by atoms with Gasteiger partial charge in [-0.3, -0.25) is 4.98 Å². The van der Waals surface area contributed by atoms with Crippen LogP contribution >= 0.6 is 0 Å². The molecule has 0 atom stereocenters. The van der Waals surface area contributed by atoms with Gasteiger partial charge in [-0.15, -0.1) is 0 Å². The van der Waals surface area contributed by atoms with Crippen LogP contribution in [0, 0.1) is 5.82 Å². The molecule has 0 amide bonds. The van der Waals surface area contributed by atoms with E-state index in [1.54, 1.807) is 30.6 Å². The van der Waals surface area contributed by atoms with Crippen LogP contribution in [-0.2, 0) is 13.1 Å². The van der Waals surface area contributed by atoms with Gasteiger partial charge in [0.25, 0.3) is 0 Å². The Morgan fingerprint density at radius 1 is 0.826 bits per heavy atom. The Balaban J connectivity index is 1.57. The minimum absolute atomic E-state index is 0.239. The van der Waals surface area contributed by atoms with Crippen LogP contribution in [0.2, 0.25) is 0 Å². The van der Waals surface area contributed by atoms with Crippen molar-refractivity contribution in [3.8, 4) is 0 Å². The van der Waals surface area contributed by atoms with E-state index in [1.807, 2.05) is 18.2 Å². The lowest BCUT2D eigenvalue weighted by atomic mass is 10.2. The van der Waals surface area contributed by atoms with Crippen molar-refractivity contribution in [3.05, 3.63) is 78.0 Å². The Hall–Kier alpha value is -3.02. The molecule has 2 aromatic heterocycles. The molecule has 0 saturated carbocycles. The van der Waals surface area contributed by atoms with Crippen LogP contribution in [0.4, 0.5) is 16.2 Å². The fourth-order valence-electron chi connectivity index (χ4n) is 2.01. The molecular weight excluding hydrogens is 293 g/mol. The Morgan fingerprint density at radius 3 is 2.48 bits per heavy atom. The molecule has 0 bridgehead atoms. The molecule has 0 aliphatic carbocycles. The highest BCUT2D eigenvalue weighted by molar-refractivity contribution is 5.40. The molecule has 0 aliphatic heterocycles. The van der Waals surface area contributed by atoms with Gasteiger partial charge < -0.3 is 10.6 Å². The third-order valence-corrected chi connectivity index (χ3v) is 3.20. The second-order valence-electron chi connectivity index (χ2n) is 4.92. The van der Waals surface area contributed by atoms with Gasteiger partial charge in [0.15, 0.2) is 0 Å². The van der Waals surface area contributed by atoms with E-state index in [9.17, 15) is 4.39 Å². The van der Waals surface area contributed by atoms with Crippen LogP contribution in [0.15, 0.2) is 60.9 Å². The molecule has 6 heteroatoms. The lowest BCUT2D eigenvalue weighted by Crippen LogP contribution is -2.07. The molecule has 3 aromatic rings. The van der Waals surface area contributed by atoms with Gasteiger partial charge in [-0.2, -0.15) is 4.98 Å².